The van der Waals surface area contributed by atoms with Crippen molar-refractivity contribution in [3.05, 3.63) is 51.6 Å². The number of hydrogen-bond acceptors (Lipinski definition) is 14. The Hall–Kier alpha value is -3.64. The van der Waals surface area contributed by atoms with Gasteiger partial charge in [0.1, 0.15) is 41.2 Å². The normalized spacial score (nSPS) is 44.3. The lowest BCUT2D eigenvalue weighted by Gasteiger charge is -2.72. The molecule has 2 aromatic carbocycles. The van der Waals surface area contributed by atoms with E-state index >= 15 is 0 Å². The Balaban J connectivity index is 0.933. The number of ketones is 1. The topological polar surface area (TPSA) is 237 Å². The monoisotopic (exact) mass is 952 g/mol. The van der Waals surface area contributed by atoms with Crippen molar-refractivity contribution in [3.8, 4) is 17.2 Å². The Kier molecular flexibility index (Phi) is 9.97. The molecule has 69 heavy (non-hydrogen) atoms. The second kappa shape index (κ2) is 15.2. The summed E-state index contributed by atoms with van der Waals surface area (Å²) in [5.74, 6) is -3.10. The van der Waals surface area contributed by atoms with Crippen molar-refractivity contribution in [2.45, 2.75) is 177 Å². The summed E-state index contributed by atoms with van der Waals surface area (Å²) < 4.78 is 27.3. The van der Waals surface area contributed by atoms with E-state index in [0.717, 1.165) is 37.3 Å². The first-order chi connectivity index (χ1) is 33.1. The predicted octanol–water partition coefficient (Wildman–Crippen LogP) is 5.77. The number of ether oxygens (including phenoxy) is 4. The van der Waals surface area contributed by atoms with Gasteiger partial charge in [0, 0.05) is 47.1 Å². The zero-order valence-electron chi connectivity index (χ0n) is 39.7. The summed E-state index contributed by atoms with van der Waals surface area (Å²) in [5, 5.41) is 81.2. The minimum Gasteiger partial charge on any atom is -0.507 e. The van der Waals surface area contributed by atoms with E-state index < -0.39 is 71.2 Å². The fourth-order valence-corrected chi connectivity index (χ4v) is 19.0. The summed E-state index contributed by atoms with van der Waals surface area (Å²) in [7, 11) is 0. The van der Waals surface area contributed by atoms with Gasteiger partial charge in [0.15, 0.2) is 5.78 Å². The SMILES string of the molecule is CC(=O)c1c(C)c(O)c2cc(C(=O)O)cc(OC3OC4C(O)CCC5OC4(CC4C6=C5CC=C6C5(CCCO)COCC6CC78CC4(NNC7CC4(CCCC47CCCC7)C8)C65)C(O)C3O)c2c1O. The highest BCUT2D eigenvalue weighted by Crippen LogP contribution is 2.78. The standard InChI is InChI=1S/C54H68N2O13/c1-26-38(27(2)58)42(61)40-31(41(26)60)17-28(47(64)65)18-36(40)67-48-43(62)45(63)54-20-33-39-30(35(69-54)10-9-34(59)46(54)68-48)7-8-32(39)52(15-6-16-57)25-66-22-29-19-49-23-51(14-5-13-50(51)11-3-4-12-50)21-37(49)55-56-53(33,24-49)44(29)52/h8,17-18,29,33-35,37,43-46,48,55-57,59-63H,3-7,9-16,19-25H2,1-2H3,(H,64,65). The molecule has 2 aromatic rings. The second-order valence-electron chi connectivity index (χ2n) is 24.0. The first-order valence-electron chi connectivity index (χ1n) is 26.0. The fourth-order valence-electron chi connectivity index (χ4n) is 19.0. The number of allylic oxidation sites excluding steroid dienone is 1. The number of rotatable bonds is 7. The van der Waals surface area contributed by atoms with Crippen LogP contribution in [-0.2, 0) is 14.2 Å². The number of fused-ring (bicyclic) bond motifs is 5. The largest absolute Gasteiger partial charge is 0.507 e. The Morgan fingerprint density at radius 2 is 1.74 bits per heavy atom. The number of nitrogens with one attached hydrogen (secondary N) is 2. The van der Waals surface area contributed by atoms with Crippen LogP contribution in [0.15, 0.2) is 34.9 Å². The average Bonchev–Trinajstić information content (AvgIpc) is 4.10. The molecule has 9 N–H and O–H groups in total. The van der Waals surface area contributed by atoms with E-state index in [2.05, 4.69) is 16.9 Å². The zero-order chi connectivity index (χ0) is 47.8. The predicted molar refractivity (Wildman–Crippen MR) is 248 cm³/mol. The number of Topliss-reactive ketones (excluding diaryl/α,β-unsaturated/α-hetero) is 1. The van der Waals surface area contributed by atoms with Crippen molar-refractivity contribution in [2.24, 2.45) is 39.4 Å². The van der Waals surface area contributed by atoms with E-state index in [9.17, 15) is 45.3 Å². The van der Waals surface area contributed by atoms with Crippen LogP contribution in [0, 0.1) is 46.3 Å². The van der Waals surface area contributed by atoms with Crippen molar-refractivity contribution in [2.75, 3.05) is 19.8 Å². The Morgan fingerprint density at radius 3 is 2.51 bits per heavy atom. The molecule has 5 aliphatic heterocycles. The molecular formula is C54H68N2O13. The van der Waals surface area contributed by atoms with E-state index in [1.165, 1.54) is 82.4 Å². The van der Waals surface area contributed by atoms with E-state index in [1.807, 2.05) is 0 Å². The fraction of sp³-hybridized carbons (Fsp3) is 0.704. The third-order valence-corrected chi connectivity index (χ3v) is 21.2. The molecule has 15 unspecified atom stereocenters. The molecule has 9 fully saturated rings. The maximum absolute atomic E-state index is 13.0. The molecule has 0 amide bonds. The number of aliphatic hydroxyl groups is 4. The number of carbonyl (C=O) groups excluding carboxylic acids is 1. The van der Waals surface area contributed by atoms with Gasteiger partial charge in [-0.05, 0) is 161 Å². The van der Waals surface area contributed by atoms with Gasteiger partial charge in [-0.3, -0.25) is 15.6 Å². The van der Waals surface area contributed by atoms with Gasteiger partial charge in [0.25, 0.3) is 0 Å². The molecule has 4 bridgehead atoms. The van der Waals surface area contributed by atoms with Crippen LogP contribution in [0.3, 0.4) is 0 Å². The number of carbonyl (C=O) groups is 2. The third kappa shape index (κ3) is 5.77. The number of phenols is 2. The van der Waals surface area contributed by atoms with Crippen LogP contribution in [0.5, 0.6) is 17.2 Å². The number of hydrazine groups is 1. The van der Waals surface area contributed by atoms with Gasteiger partial charge in [-0.2, -0.15) is 0 Å². The Morgan fingerprint density at radius 1 is 0.957 bits per heavy atom. The molecular weight excluding hydrogens is 885 g/mol. The molecule has 6 aliphatic carbocycles. The number of carboxylic acid groups (broad SMARTS) is 1. The van der Waals surface area contributed by atoms with Gasteiger partial charge in [-0.15, -0.1) is 0 Å². The molecule has 13 rings (SSSR count). The van der Waals surface area contributed by atoms with Crippen LogP contribution in [0.1, 0.15) is 142 Å². The van der Waals surface area contributed by atoms with Crippen molar-refractivity contribution in [3.63, 3.8) is 0 Å². The summed E-state index contributed by atoms with van der Waals surface area (Å²) >= 11 is 0. The highest BCUT2D eigenvalue weighted by molar-refractivity contribution is 6.11. The number of aromatic hydroxyl groups is 2. The summed E-state index contributed by atoms with van der Waals surface area (Å²) in [6.07, 6.45) is 10.7. The first kappa shape index (κ1) is 45.2. The van der Waals surface area contributed by atoms with Crippen LogP contribution in [0.2, 0.25) is 0 Å². The minimum absolute atomic E-state index is 0.0137. The van der Waals surface area contributed by atoms with Crippen LogP contribution in [0.25, 0.3) is 10.8 Å². The summed E-state index contributed by atoms with van der Waals surface area (Å²) in [4.78, 5) is 25.3. The molecule has 15 atom stereocenters. The smallest absolute Gasteiger partial charge is 0.335 e. The van der Waals surface area contributed by atoms with Gasteiger partial charge in [0.05, 0.1) is 35.3 Å². The average molecular weight is 953 g/mol. The van der Waals surface area contributed by atoms with E-state index in [4.69, 9.17) is 18.9 Å². The minimum atomic E-state index is -1.81. The molecule has 5 spiro atoms. The van der Waals surface area contributed by atoms with Gasteiger partial charge < -0.3 is 54.7 Å². The molecule has 372 valence electrons. The maximum atomic E-state index is 13.0. The molecule has 4 saturated heterocycles. The molecule has 0 aromatic heterocycles. The number of aliphatic hydroxyl groups excluding tert-OH is 4. The van der Waals surface area contributed by atoms with Gasteiger partial charge in [-0.1, -0.05) is 25.3 Å². The van der Waals surface area contributed by atoms with E-state index in [-0.39, 0.29) is 92.7 Å². The van der Waals surface area contributed by atoms with E-state index in [1.54, 1.807) is 0 Å². The number of carboxylic acids is 1. The Labute approximate surface area is 401 Å². The Bertz CT molecular complexity index is 2620. The quantitative estimate of drug-likeness (QED) is 0.118. The number of phenolic OH excluding ortho intramolecular Hbond substituents is 2. The molecule has 0 radical (unpaired) electrons. The molecule has 5 heterocycles. The first-order valence-corrected chi connectivity index (χ1v) is 26.0. The molecule has 11 aliphatic rings. The number of hydrogen-bond donors (Lipinski definition) is 9. The van der Waals surface area contributed by atoms with Crippen LogP contribution in [-0.4, -0.2) is 121 Å². The van der Waals surface area contributed by atoms with Crippen LogP contribution < -0.4 is 15.6 Å². The maximum Gasteiger partial charge on any atom is 0.335 e. The number of aromatic carboxylic acids is 1. The molecule has 15 heteroatoms. The third-order valence-electron chi connectivity index (χ3n) is 21.2. The van der Waals surface area contributed by atoms with Crippen molar-refractivity contribution >= 4 is 22.5 Å². The lowest BCUT2D eigenvalue weighted by Crippen LogP contribution is -2.81. The van der Waals surface area contributed by atoms with E-state index in [0.29, 0.717) is 37.9 Å². The molecule has 15 nitrogen and oxygen atoms in total. The lowest BCUT2D eigenvalue weighted by atomic mass is 9.38. The summed E-state index contributed by atoms with van der Waals surface area (Å²) in [6, 6.07) is 2.58. The van der Waals surface area contributed by atoms with Crippen molar-refractivity contribution < 1.29 is 64.3 Å². The number of benzene rings is 2. The van der Waals surface area contributed by atoms with Gasteiger partial charge in [-0.25, -0.2) is 4.79 Å². The van der Waals surface area contributed by atoms with Crippen LogP contribution in [0.4, 0.5) is 0 Å². The second-order valence-corrected chi connectivity index (χ2v) is 24.0. The summed E-state index contributed by atoms with van der Waals surface area (Å²) in [5.41, 5.74) is 9.57. The van der Waals surface area contributed by atoms with Crippen molar-refractivity contribution in [1.82, 2.24) is 10.9 Å². The van der Waals surface area contributed by atoms with Crippen molar-refractivity contribution in [1.29, 1.82) is 0 Å². The van der Waals surface area contributed by atoms with Crippen LogP contribution >= 0.6 is 0 Å². The molecule has 5 saturated carbocycles. The lowest BCUT2D eigenvalue weighted by molar-refractivity contribution is -0.337. The summed E-state index contributed by atoms with van der Waals surface area (Å²) in [6.45, 7) is 3.96. The zero-order valence-corrected chi connectivity index (χ0v) is 39.7. The highest BCUT2D eigenvalue weighted by atomic mass is 16.7. The van der Waals surface area contributed by atoms with Gasteiger partial charge >= 0.3 is 5.97 Å². The van der Waals surface area contributed by atoms with Gasteiger partial charge in [0.2, 0.25) is 6.29 Å². The highest BCUT2D eigenvalue weighted by Gasteiger charge is 2.77.